The van der Waals surface area contributed by atoms with Crippen LogP contribution in [0.25, 0.3) is 10.2 Å². The van der Waals surface area contributed by atoms with Gasteiger partial charge < -0.3 is 14.7 Å². The molecule has 1 saturated heterocycles. The summed E-state index contributed by atoms with van der Waals surface area (Å²) in [6.07, 6.45) is 3.84. The summed E-state index contributed by atoms with van der Waals surface area (Å²) in [5.74, 6) is -1.32. The Labute approximate surface area is 218 Å². The second-order valence-electron chi connectivity index (χ2n) is 9.07. The molecule has 0 bridgehead atoms. The third-order valence-corrected chi connectivity index (χ3v) is 9.13. The molecule has 36 heavy (non-hydrogen) atoms. The van der Waals surface area contributed by atoms with E-state index in [4.69, 9.17) is 9.72 Å². The number of hydrogen-bond donors (Lipinski definition) is 1. The predicted molar refractivity (Wildman–Crippen MR) is 142 cm³/mol. The molecule has 1 aromatic carbocycles. The summed E-state index contributed by atoms with van der Waals surface area (Å²) >= 11 is 3.09. The van der Waals surface area contributed by atoms with Gasteiger partial charge in [-0.25, -0.2) is 9.78 Å². The Morgan fingerprint density at radius 2 is 2.11 bits per heavy atom. The van der Waals surface area contributed by atoms with Crippen molar-refractivity contribution in [1.82, 2.24) is 9.88 Å². The van der Waals surface area contributed by atoms with Crippen molar-refractivity contribution in [3.8, 4) is 0 Å². The maximum atomic E-state index is 13.2. The van der Waals surface area contributed by atoms with Crippen molar-refractivity contribution in [3.63, 3.8) is 0 Å². The molecule has 9 heteroatoms. The Kier molecular flexibility index (Phi) is 8.12. The molecule has 1 aromatic heterocycles. The number of Topliss-reactive ketones (excluding diaryl/α,β-unsaturated/α-hetero) is 1. The van der Waals surface area contributed by atoms with Crippen LogP contribution in [0.4, 0.5) is 0 Å². The van der Waals surface area contributed by atoms with Gasteiger partial charge in [-0.05, 0) is 29.7 Å². The van der Waals surface area contributed by atoms with Crippen molar-refractivity contribution in [2.24, 2.45) is 17.8 Å². The van der Waals surface area contributed by atoms with Crippen LogP contribution >= 0.6 is 23.1 Å². The lowest BCUT2D eigenvalue weighted by Gasteiger charge is -2.47. The van der Waals surface area contributed by atoms with Gasteiger partial charge in [0.05, 0.1) is 22.2 Å². The van der Waals surface area contributed by atoms with Gasteiger partial charge in [0.25, 0.3) is 0 Å². The van der Waals surface area contributed by atoms with Crippen molar-refractivity contribution in [2.45, 2.75) is 37.1 Å². The number of hydrogen-bond acceptors (Lipinski definition) is 8. The highest BCUT2D eigenvalue weighted by atomic mass is 32.2. The minimum Gasteiger partial charge on any atom is -0.457 e. The van der Waals surface area contributed by atoms with Crippen LogP contribution in [0.3, 0.4) is 0 Å². The van der Waals surface area contributed by atoms with E-state index in [1.54, 1.807) is 24.3 Å². The molecule has 1 unspecified atom stereocenters. The number of esters is 1. The molecule has 1 fully saturated rings. The fraction of sp³-hybridized carbons (Fsp3) is 0.407. The molecule has 0 saturated carbocycles. The largest absolute Gasteiger partial charge is 0.457 e. The summed E-state index contributed by atoms with van der Waals surface area (Å²) in [5, 5.41) is 9.21. The van der Waals surface area contributed by atoms with Crippen LogP contribution < -0.4 is 0 Å². The fourth-order valence-corrected chi connectivity index (χ4v) is 7.21. The lowest BCUT2D eigenvalue weighted by Crippen LogP contribution is -2.63. The van der Waals surface area contributed by atoms with E-state index in [9.17, 15) is 19.5 Å². The summed E-state index contributed by atoms with van der Waals surface area (Å²) in [4.78, 5) is 45.0. The van der Waals surface area contributed by atoms with E-state index in [1.807, 2.05) is 25.1 Å². The summed E-state index contributed by atoms with van der Waals surface area (Å²) in [6, 6.07) is 5.73. The highest BCUT2D eigenvalue weighted by molar-refractivity contribution is 8.01. The number of amides is 1. The minimum atomic E-state index is -0.547. The quantitative estimate of drug-likeness (QED) is 0.192. The Bertz CT molecular complexity index is 1250. The first kappa shape index (κ1) is 26.3. The van der Waals surface area contributed by atoms with Gasteiger partial charge in [0.2, 0.25) is 5.91 Å². The first-order valence-corrected chi connectivity index (χ1v) is 13.7. The first-order chi connectivity index (χ1) is 17.3. The summed E-state index contributed by atoms with van der Waals surface area (Å²) in [5.41, 5.74) is 3.03. The molecule has 4 rings (SSSR count). The Morgan fingerprint density at radius 3 is 2.81 bits per heavy atom. The number of carbonyl (C=O) groups excluding carboxylic acids is 3. The van der Waals surface area contributed by atoms with Gasteiger partial charge in [-0.2, -0.15) is 0 Å². The van der Waals surface area contributed by atoms with Crippen LogP contribution in [0.5, 0.6) is 0 Å². The standard InChI is InChI=1S/C27H30N2O5S2/c1-5-7-20(31)16(4)22-23-15(3)18(24(29(23)25(22)32)26(33)34-12-6-2)14-35-27-28-19-13-17(10-11-30)8-9-21(19)36-27/h5-6,8-9,13,15-16,22-23,30H,1-2,7,10-12,14H2,3-4H3/t15-,16-,22+,23?/m0/s1. The first-order valence-electron chi connectivity index (χ1n) is 11.9. The van der Waals surface area contributed by atoms with Crippen LogP contribution in [0.2, 0.25) is 0 Å². The lowest BCUT2D eigenvalue weighted by atomic mass is 9.72. The average Bonchev–Trinajstić information content (AvgIpc) is 3.37. The molecule has 2 aliphatic heterocycles. The minimum absolute atomic E-state index is 0.0242. The number of ether oxygens (including phenoxy) is 1. The second-order valence-corrected chi connectivity index (χ2v) is 11.3. The van der Waals surface area contributed by atoms with E-state index in [-0.39, 0.29) is 49.0 Å². The van der Waals surface area contributed by atoms with Crippen molar-refractivity contribution in [2.75, 3.05) is 19.0 Å². The van der Waals surface area contributed by atoms with Crippen LogP contribution in [0.15, 0.2) is 59.1 Å². The third kappa shape index (κ3) is 4.79. The van der Waals surface area contributed by atoms with E-state index >= 15 is 0 Å². The lowest BCUT2D eigenvalue weighted by molar-refractivity contribution is -0.162. The van der Waals surface area contributed by atoms with Crippen molar-refractivity contribution in [1.29, 1.82) is 0 Å². The molecular formula is C27H30N2O5S2. The third-order valence-electron chi connectivity index (χ3n) is 6.90. The number of thioether (sulfide) groups is 1. The zero-order valence-corrected chi connectivity index (χ0v) is 22.1. The van der Waals surface area contributed by atoms with E-state index in [1.165, 1.54) is 22.7 Å². The number of thiazole rings is 1. The van der Waals surface area contributed by atoms with Gasteiger partial charge in [0, 0.05) is 30.6 Å². The number of β-lactam (4-membered cyclic amide) rings is 1. The number of aromatic nitrogens is 1. The molecular weight excluding hydrogens is 496 g/mol. The fourth-order valence-electron chi connectivity index (χ4n) is 5.01. The van der Waals surface area contributed by atoms with Crippen LogP contribution in [0.1, 0.15) is 25.8 Å². The van der Waals surface area contributed by atoms with Crippen molar-refractivity contribution in [3.05, 3.63) is 60.3 Å². The van der Waals surface area contributed by atoms with Crippen LogP contribution in [-0.4, -0.2) is 57.7 Å². The van der Waals surface area contributed by atoms with Gasteiger partial charge in [-0.15, -0.1) is 17.9 Å². The zero-order valence-electron chi connectivity index (χ0n) is 20.4. The van der Waals surface area contributed by atoms with Crippen molar-refractivity contribution >= 4 is 51.0 Å². The number of aliphatic hydroxyl groups is 1. The van der Waals surface area contributed by atoms with E-state index in [0.29, 0.717) is 12.2 Å². The summed E-state index contributed by atoms with van der Waals surface area (Å²) < 4.78 is 7.25. The molecule has 7 nitrogen and oxygen atoms in total. The maximum Gasteiger partial charge on any atom is 0.355 e. The van der Waals surface area contributed by atoms with Gasteiger partial charge >= 0.3 is 5.97 Å². The topological polar surface area (TPSA) is 96.8 Å². The smallest absolute Gasteiger partial charge is 0.355 e. The number of nitrogens with zero attached hydrogens (tertiary/aromatic N) is 2. The molecule has 1 amide bonds. The van der Waals surface area contributed by atoms with E-state index in [0.717, 1.165) is 25.7 Å². The number of rotatable bonds is 12. The maximum absolute atomic E-state index is 13.2. The number of allylic oxidation sites excluding steroid dienone is 1. The van der Waals surface area contributed by atoms with E-state index < -0.39 is 17.8 Å². The molecule has 3 heterocycles. The monoisotopic (exact) mass is 526 g/mol. The summed E-state index contributed by atoms with van der Waals surface area (Å²) in [7, 11) is 0. The van der Waals surface area contributed by atoms with Gasteiger partial charge in [-0.1, -0.05) is 50.4 Å². The molecule has 190 valence electrons. The molecule has 1 N–H and O–H groups in total. The number of ketones is 1. The molecule has 2 aromatic rings. The highest BCUT2D eigenvalue weighted by Gasteiger charge is 2.60. The number of fused-ring (bicyclic) bond motifs is 2. The van der Waals surface area contributed by atoms with Gasteiger partial charge in [0.15, 0.2) is 4.34 Å². The van der Waals surface area contributed by atoms with Crippen LogP contribution in [0, 0.1) is 17.8 Å². The second kappa shape index (κ2) is 11.1. The van der Waals surface area contributed by atoms with Gasteiger partial charge in [0.1, 0.15) is 18.1 Å². The normalized spacial score (nSPS) is 21.8. The number of benzene rings is 1. The summed E-state index contributed by atoms with van der Waals surface area (Å²) in [6.45, 7) is 11.2. The molecule has 4 atom stereocenters. The van der Waals surface area contributed by atoms with Gasteiger partial charge in [-0.3, -0.25) is 9.59 Å². The molecule has 2 aliphatic rings. The highest BCUT2D eigenvalue weighted by Crippen LogP contribution is 2.50. The Morgan fingerprint density at radius 1 is 1.33 bits per heavy atom. The molecule has 0 aliphatic carbocycles. The average molecular weight is 527 g/mol. The number of carbonyl (C=O) groups is 3. The Hall–Kier alpha value is -2.75. The zero-order chi connectivity index (χ0) is 26.0. The molecule has 0 spiro atoms. The van der Waals surface area contributed by atoms with E-state index in [2.05, 4.69) is 13.2 Å². The Balaban J connectivity index is 1.59. The van der Waals surface area contributed by atoms with Crippen molar-refractivity contribution < 1.29 is 24.2 Å². The van der Waals surface area contributed by atoms with Crippen LogP contribution in [-0.2, 0) is 25.5 Å². The number of aliphatic hydroxyl groups excluding tert-OH is 1. The predicted octanol–water partition coefficient (Wildman–Crippen LogP) is 4.16. The SMILES string of the molecule is C=CCOC(=O)C1=C(CSc2nc3cc(CCO)ccc3s2)[C@H](C)C2[C@@H]([C@@H](C)C(=O)CC=C)C(=O)N12. The molecule has 0 radical (unpaired) electrons.